The average molecular weight is 297 g/mol. The molecule has 0 aliphatic rings. The molecule has 0 bridgehead atoms. The van der Waals surface area contributed by atoms with E-state index >= 15 is 0 Å². The molecule has 2 rings (SSSR count). The van der Waals surface area contributed by atoms with E-state index in [9.17, 15) is 4.79 Å². The van der Waals surface area contributed by atoms with Gasteiger partial charge in [0, 0.05) is 37.2 Å². The molecule has 2 heterocycles. The van der Waals surface area contributed by atoms with Crippen molar-refractivity contribution in [2.75, 3.05) is 7.05 Å². The van der Waals surface area contributed by atoms with Crippen LogP contribution in [0.5, 0.6) is 0 Å². The van der Waals surface area contributed by atoms with E-state index in [1.165, 1.54) is 0 Å². The zero-order valence-corrected chi connectivity index (χ0v) is 11.2. The van der Waals surface area contributed by atoms with Crippen LogP contribution in [0.15, 0.2) is 29.1 Å². The van der Waals surface area contributed by atoms with Crippen molar-refractivity contribution in [3.05, 3.63) is 40.6 Å². The van der Waals surface area contributed by atoms with E-state index in [1.807, 2.05) is 13.2 Å². The summed E-state index contributed by atoms with van der Waals surface area (Å²) in [6.07, 6.45) is 5.27. The number of H-pyrrole nitrogens is 1. The first-order valence-corrected chi connectivity index (χ1v) is 5.93. The minimum absolute atomic E-state index is 0.0328. The van der Waals surface area contributed by atoms with Crippen LogP contribution < -0.4 is 0 Å². The zero-order chi connectivity index (χ0) is 12.4. The van der Waals surface area contributed by atoms with Crippen molar-refractivity contribution in [2.45, 2.75) is 6.54 Å². The molecule has 0 radical (unpaired) electrons. The number of halogens is 1. The van der Waals surface area contributed by atoms with E-state index in [4.69, 9.17) is 0 Å². The molecule has 2 aromatic rings. The van der Waals surface area contributed by atoms with Gasteiger partial charge in [0.15, 0.2) is 0 Å². The van der Waals surface area contributed by atoms with Gasteiger partial charge in [-0.25, -0.2) is 4.98 Å². The van der Waals surface area contributed by atoms with Crippen molar-refractivity contribution in [2.24, 2.45) is 7.05 Å². The number of nitrogens with one attached hydrogen (secondary N) is 1. The molecule has 0 aliphatic heterocycles. The number of imidazole rings is 1. The number of carbonyl (C=O) groups is 1. The highest BCUT2D eigenvalue weighted by atomic mass is 79.9. The van der Waals surface area contributed by atoms with Crippen LogP contribution in [0.2, 0.25) is 0 Å². The highest BCUT2D eigenvalue weighted by Crippen LogP contribution is 2.15. The molecule has 0 saturated heterocycles. The molecule has 1 N–H and O–H groups in total. The second-order valence-electron chi connectivity index (χ2n) is 3.85. The summed E-state index contributed by atoms with van der Waals surface area (Å²) in [6.45, 7) is 0.467. The Bertz CT molecular complexity index is 518. The Hall–Kier alpha value is -1.56. The van der Waals surface area contributed by atoms with Crippen LogP contribution >= 0.6 is 15.9 Å². The molecule has 0 aromatic carbocycles. The molecule has 2 aromatic heterocycles. The zero-order valence-electron chi connectivity index (χ0n) is 9.64. The average Bonchev–Trinajstić information content (AvgIpc) is 2.87. The lowest BCUT2D eigenvalue weighted by atomic mass is 10.3. The SMILES string of the molecule is CN(Cc1ncc[nH]1)C(=O)c1cc(Br)cn1C. The Morgan fingerprint density at radius 1 is 1.65 bits per heavy atom. The number of carbonyl (C=O) groups excluding carboxylic acids is 1. The van der Waals surface area contributed by atoms with E-state index in [2.05, 4.69) is 25.9 Å². The fraction of sp³-hybridized carbons (Fsp3) is 0.273. The quantitative estimate of drug-likeness (QED) is 0.939. The summed E-state index contributed by atoms with van der Waals surface area (Å²) in [5, 5.41) is 0. The number of rotatable bonds is 3. The third kappa shape index (κ3) is 2.58. The second kappa shape index (κ2) is 4.75. The number of aromatic nitrogens is 3. The van der Waals surface area contributed by atoms with Gasteiger partial charge >= 0.3 is 0 Å². The molecule has 0 aliphatic carbocycles. The van der Waals surface area contributed by atoms with Gasteiger partial charge in [-0.2, -0.15) is 0 Å². The molecule has 90 valence electrons. The van der Waals surface area contributed by atoms with Crippen molar-refractivity contribution in [3.8, 4) is 0 Å². The van der Waals surface area contributed by atoms with E-state index in [0.717, 1.165) is 10.3 Å². The first-order chi connectivity index (χ1) is 8.08. The third-order valence-electron chi connectivity index (χ3n) is 2.48. The van der Waals surface area contributed by atoms with E-state index in [0.29, 0.717) is 12.2 Å². The lowest BCUT2D eigenvalue weighted by molar-refractivity contribution is 0.0772. The highest BCUT2D eigenvalue weighted by Gasteiger charge is 2.16. The summed E-state index contributed by atoms with van der Waals surface area (Å²) < 4.78 is 2.69. The third-order valence-corrected chi connectivity index (χ3v) is 2.91. The Kier molecular flexibility index (Phi) is 3.33. The lowest BCUT2D eigenvalue weighted by Gasteiger charge is -2.15. The Labute approximate surface area is 108 Å². The fourth-order valence-electron chi connectivity index (χ4n) is 1.61. The van der Waals surface area contributed by atoms with Gasteiger partial charge in [-0.15, -0.1) is 0 Å². The van der Waals surface area contributed by atoms with Crippen LogP contribution in [-0.2, 0) is 13.6 Å². The number of aromatic amines is 1. The Morgan fingerprint density at radius 3 is 2.94 bits per heavy atom. The largest absolute Gasteiger partial charge is 0.347 e. The Balaban J connectivity index is 2.12. The predicted octanol–water partition coefficient (Wildman–Crippen LogP) is 1.78. The van der Waals surface area contributed by atoms with Gasteiger partial charge < -0.3 is 14.5 Å². The van der Waals surface area contributed by atoms with Crippen molar-refractivity contribution < 1.29 is 4.79 Å². The monoisotopic (exact) mass is 296 g/mol. The minimum atomic E-state index is -0.0328. The smallest absolute Gasteiger partial charge is 0.270 e. The topological polar surface area (TPSA) is 53.9 Å². The molecule has 6 heteroatoms. The van der Waals surface area contributed by atoms with Crippen LogP contribution in [0.3, 0.4) is 0 Å². The van der Waals surface area contributed by atoms with Crippen LogP contribution in [0.4, 0.5) is 0 Å². The standard InChI is InChI=1S/C11H13BrN4O/c1-15-6-8(12)5-9(15)11(17)16(2)7-10-13-3-4-14-10/h3-6H,7H2,1-2H3,(H,13,14). The summed E-state index contributed by atoms with van der Waals surface area (Å²) in [5.41, 5.74) is 0.644. The van der Waals surface area contributed by atoms with Gasteiger partial charge in [0.05, 0.1) is 6.54 Å². The van der Waals surface area contributed by atoms with Crippen LogP contribution in [0.1, 0.15) is 16.3 Å². The van der Waals surface area contributed by atoms with Gasteiger partial charge in [-0.1, -0.05) is 0 Å². The molecule has 0 fully saturated rings. The molecular formula is C11H13BrN4O. The van der Waals surface area contributed by atoms with Crippen LogP contribution in [0.25, 0.3) is 0 Å². The molecule has 0 unspecified atom stereocenters. The maximum Gasteiger partial charge on any atom is 0.270 e. The number of hydrogen-bond acceptors (Lipinski definition) is 2. The maximum absolute atomic E-state index is 12.1. The normalized spacial score (nSPS) is 10.5. The second-order valence-corrected chi connectivity index (χ2v) is 4.77. The Morgan fingerprint density at radius 2 is 2.41 bits per heavy atom. The lowest BCUT2D eigenvalue weighted by Crippen LogP contribution is -2.28. The fourth-order valence-corrected chi connectivity index (χ4v) is 2.14. The first kappa shape index (κ1) is 11.9. The molecule has 0 saturated carbocycles. The van der Waals surface area contributed by atoms with Crippen molar-refractivity contribution in [1.29, 1.82) is 0 Å². The van der Waals surface area contributed by atoms with Gasteiger partial charge in [0.1, 0.15) is 11.5 Å². The van der Waals surface area contributed by atoms with E-state index < -0.39 is 0 Å². The molecular weight excluding hydrogens is 284 g/mol. The highest BCUT2D eigenvalue weighted by molar-refractivity contribution is 9.10. The van der Waals surface area contributed by atoms with Crippen LogP contribution in [0, 0.1) is 0 Å². The summed E-state index contributed by atoms with van der Waals surface area (Å²) >= 11 is 3.35. The molecule has 5 nitrogen and oxygen atoms in total. The molecule has 0 spiro atoms. The van der Waals surface area contributed by atoms with Crippen LogP contribution in [-0.4, -0.2) is 32.4 Å². The summed E-state index contributed by atoms with van der Waals surface area (Å²) in [4.78, 5) is 20.8. The molecule has 0 atom stereocenters. The van der Waals surface area contributed by atoms with E-state index in [1.54, 1.807) is 35.0 Å². The van der Waals surface area contributed by atoms with Crippen molar-refractivity contribution in [3.63, 3.8) is 0 Å². The van der Waals surface area contributed by atoms with Gasteiger partial charge in [0.2, 0.25) is 0 Å². The summed E-state index contributed by atoms with van der Waals surface area (Å²) in [6, 6.07) is 1.81. The van der Waals surface area contributed by atoms with E-state index in [-0.39, 0.29) is 5.91 Å². The number of aryl methyl sites for hydroxylation is 1. The number of nitrogens with zero attached hydrogens (tertiary/aromatic N) is 3. The molecule has 1 amide bonds. The molecule has 17 heavy (non-hydrogen) atoms. The summed E-state index contributed by atoms with van der Waals surface area (Å²) in [7, 11) is 3.60. The maximum atomic E-state index is 12.1. The first-order valence-electron chi connectivity index (χ1n) is 5.13. The minimum Gasteiger partial charge on any atom is -0.347 e. The van der Waals surface area contributed by atoms with Crippen molar-refractivity contribution >= 4 is 21.8 Å². The van der Waals surface area contributed by atoms with Gasteiger partial charge in [0.25, 0.3) is 5.91 Å². The predicted molar refractivity (Wildman–Crippen MR) is 67.5 cm³/mol. The van der Waals surface area contributed by atoms with Gasteiger partial charge in [-0.05, 0) is 22.0 Å². The number of amides is 1. The van der Waals surface area contributed by atoms with Gasteiger partial charge in [-0.3, -0.25) is 4.79 Å². The summed E-state index contributed by atoms with van der Waals surface area (Å²) in [5.74, 6) is 0.740. The number of hydrogen-bond donors (Lipinski definition) is 1. The van der Waals surface area contributed by atoms with Crippen molar-refractivity contribution in [1.82, 2.24) is 19.4 Å².